The number of rotatable bonds is 2. The van der Waals surface area contributed by atoms with Crippen LogP contribution in [0.5, 0.6) is 0 Å². The van der Waals surface area contributed by atoms with Crippen molar-refractivity contribution in [3.05, 3.63) is 0 Å². The van der Waals surface area contributed by atoms with Crippen LogP contribution in [0.15, 0.2) is 0 Å². The number of nitrogens with one attached hydrogen (secondary N) is 3. The Balaban J connectivity index is 1.76. The molecule has 0 spiro atoms. The van der Waals surface area contributed by atoms with Gasteiger partial charge in [0.05, 0.1) is 12.0 Å². The highest BCUT2D eigenvalue weighted by Crippen LogP contribution is 2.11. The van der Waals surface area contributed by atoms with E-state index in [1.165, 1.54) is 0 Å². The van der Waals surface area contributed by atoms with Crippen LogP contribution in [-0.4, -0.2) is 37.5 Å². The lowest BCUT2D eigenvalue weighted by molar-refractivity contribution is -0.129. The standard InChI is InChI=1S/C9H15N3O2/c13-8-2-1-6(3-11-8)9(14)12-7-4-10-5-7/h6-7,10H,1-5H2,(H,11,13)(H,12,14). The molecule has 0 aromatic carbocycles. The van der Waals surface area contributed by atoms with E-state index in [1.807, 2.05) is 0 Å². The van der Waals surface area contributed by atoms with Gasteiger partial charge in [-0.3, -0.25) is 9.59 Å². The van der Waals surface area contributed by atoms with E-state index in [4.69, 9.17) is 0 Å². The lowest BCUT2D eigenvalue weighted by Crippen LogP contribution is -2.58. The molecule has 0 bridgehead atoms. The molecule has 78 valence electrons. The van der Waals surface area contributed by atoms with Crippen molar-refractivity contribution >= 4 is 11.8 Å². The van der Waals surface area contributed by atoms with Crippen LogP contribution >= 0.6 is 0 Å². The molecule has 2 aliphatic rings. The maximum atomic E-state index is 11.6. The summed E-state index contributed by atoms with van der Waals surface area (Å²) >= 11 is 0. The molecule has 2 amide bonds. The van der Waals surface area contributed by atoms with E-state index in [9.17, 15) is 9.59 Å². The molecule has 2 heterocycles. The van der Waals surface area contributed by atoms with Crippen molar-refractivity contribution in [1.82, 2.24) is 16.0 Å². The average Bonchev–Trinajstić information content (AvgIpc) is 2.12. The molecule has 5 nitrogen and oxygen atoms in total. The summed E-state index contributed by atoms with van der Waals surface area (Å²) in [5, 5.41) is 8.75. The number of amides is 2. The fourth-order valence-electron chi connectivity index (χ4n) is 1.67. The fraction of sp³-hybridized carbons (Fsp3) is 0.778. The van der Waals surface area contributed by atoms with Gasteiger partial charge in [-0.1, -0.05) is 0 Å². The summed E-state index contributed by atoms with van der Waals surface area (Å²) in [4.78, 5) is 22.5. The van der Waals surface area contributed by atoms with Crippen LogP contribution in [0.25, 0.3) is 0 Å². The molecule has 0 saturated carbocycles. The summed E-state index contributed by atoms with van der Waals surface area (Å²) < 4.78 is 0. The van der Waals surface area contributed by atoms with Crippen molar-refractivity contribution in [1.29, 1.82) is 0 Å². The molecule has 1 unspecified atom stereocenters. The molecule has 5 heteroatoms. The Morgan fingerprint density at radius 2 is 2.14 bits per heavy atom. The molecular formula is C9H15N3O2. The van der Waals surface area contributed by atoms with Crippen LogP contribution in [0.4, 0.5) is 0 Å². The second kappa shape index (κ2) is 3.96. The molecule has 1 atom stereocenters. The Kier molecular flexibility index (Phi) is 2.67. The molecular weight excluding hydrogens is 182 g/mol. The second-order valence-corrected chi connectivity index (χ2v) is 3.90. The highest BCUT2D eigenvalue weighted by atomic mass is 16.2. The van der Waals surface area contributed by atoms with Gasteiger partial charge in [-0.05, 0) is 6.42 Å². The average molecular weight is 197 g/mol. The highest BCUT2D eigenvalue weighted by molar-refractivity contribution is 5.83. The van der Waals surface area contributed by atoms with Crippen molar-refractivity contribution in [3.63, 3.8) is 0 Å². The monoisotopic (exact) mass is 197 g/mol. The van der Waals surface area contributed by atoms with E-state index in [0.29, 0.717) is 25.4 Å². The summed E-state index contributed by atoms with van der Waals surface area (Å²) in [5.74, 6) is 0.101. The van der Waals surface area contributed by atoms with Crippen molar-refractivity contribution < 1.29 is 9.59 Å². The van der Waals surface area contributed by atoms with Gasteiger partial charge in [-0.2, -0.15) is 0 Å². The first-order valence-corrected chi connectivity index (χ1v) is 5.03. The van der Waals surface area contributed by atoms with E-state index in [0.717, 1.165) is 13.1 Å². The molecule has 2 aliphatic heterocycles. The maximum absolute atomic E-state index is 11.6. The minimum Gasteiger partial charge on any atom is -0.355 e. The molecule has 2 fully saturated rings. The van der Waals surface area contributed by atoms with Crippen LogP contribution in [0.2, 0.25) is 0 Å². The van der Waals surface area contributed by atoms with Crippen LogP contribution < -0.4 is 16.0 Å². The van der Waals surface area contributed by atoms with E-state index < -0.39 is 0 Å². The normalized spacial score (nSPS) is 27.7. The van der Waals surface area contributed by atoms with Gasteiger partial charge in [0.2, 0.25) is 11.8 Å². The van der Waals surface area contributed by atoms with Crippen molar-refractivity contribution in [3.8, 4) is 0 Å². The van der Waals surface area contributed by atoms with Gasteiger partial charge in [0.25, 0.3) is 0 Å². The predicted octanol–water partition coefficient (Wildman–Crippen LogP) is -1.40. The number of carbonyl (C=O) groups excluding carboxylic acids is 2. The zero-order valence-electron chi connectivity index (χ0n) is 8.01. The van der Waals surface area contributed by atoms with Gasteiger partial charge in [-0.25, -0.2) is 0 Å². The fourth-order valence-corrected chi connectivity index (χ4v) is 1.67. The summed E-state index contributed by atoms with van der Waals surface area (Å²) in [7, 11) is 0. The van der Waals surface area contributed by atoms with E-state index >= 15 is 0 Å². The summed E-state index contributed by atoms with van der Waals surface area (Å²) in [6, 6.07) is 0.292. The van der Waals surface area contributed by atoms with Crippen LogP contribution in [0, 0.1) is 5.92 Å². The first-order valence-electron chi connectivity index (χ1n) is 5.03. The molecule has 14 heavy (non-hydrogen) atoms. The Morgan fingerprint density at radius 1 is 1.36 bits per heavy atom. The van der Waals surface area contributed by atoms with Gasteiger partial charge >= 0.3 is 0 Å². The topological polar surface area (TPSA) is 70.2 Å². The Hall–Kier alpha value is -1.10. The Bertz CT molecular complexity index is 240. The molecule has 0 aromatic heterocycles. The maximum Gasteiger partial charge on any atom is 0.225 e. The van der Waals surface area contributed by atoms with Gasteiger partial charge in [0.1, 0.15) is 0 Å². The Labute approximate surface area is 82.6 Å². The van der Waals surface area contributed by atoms with Crippen LogP contribution in [-0.2, 0) is 9.59 Å². The smallest absolute Gasteiger partial charge is 0.225 e. The first-order chi connectivity index (χ1) is 6.75. The third-order valence-electron chi connectivity index (χ3n) is 2.76. The second-order valence-electron chi connectivity index (χ2n) is 3.90. The highest BCUT2D eigenvalue weighted by Gasteiger charge is 2.27. The molecule has 3 N–H and O–H groups in total. The zero-order valence-corrected chi connectivity index (χ0v) is 8.01. The molecule has 2 saturated heterocycles. The van der Waals surface area contributed by atoms with Gasteiger partial charge in [0, 0.05) is 26.1 Å². The predicted molar refractivity (Wildman–Crippen MR) is 50.5 cm³/mol. The van der Waals surface area contributed by atoms with Crippen molar-refractivity contribution in [2.75, 3.05) is 19.6 Å². The molecule has 2 rings (SSSR count). The van der Waals surface area contributed by atoms with Gasteiger partial charge in [-0.15, -0.1) is 0 Å². The van der Waals surface area contributed by atoms with Crippen LogP contribution in [0.3, 0.4) is 0 Å². The lowest BCUT2D eigenvalue weighted by Gasteiger charge is -2.30. The number of hydrogen-bond acceptors (Lipinski definition) is 3. The summed E-state index contributed by atoms with van der Waals surface area (Å²) in [6.07, 6.45) is 1.15. The summed E-state index contributed by atoms with van der Waals surface area (Å²) in [6.45, 7) is 2.22. The lowest BCUT2D eigenvalue weighted by atomic mass is 9.97. The first kappa shape index (κ1) is 9.45. The van der Waals surface area contributed by atoms with Crippen LogP contribution in [0.1, 0.15) is 12.8 Å². The van der Waals surface area contributed by atoms with Gasteiger partial charge < -0.3 is 16.0 Å². The molecule has 0 aliphatic carbocycles. The number of carbonyl (C=O) groups is 2. The zero-order chi connectivity index (χ0) is 9.97. The Morgan fingerprint density at radius 3 is 2.64 bits per heavy atom. The minimum atomic E-state index is -0.0340. The number of hydrogen-bond donors (Lipinski definition) is 3. The molecule has 0 radical (unpaired) electrons. The van der Waals surface area contributed by atoms with E-state index in [1.54, 1.807) is 0 Å². The number of piperidine rings is 1. The SMILES string of the molecule is O=C1CCC(C(=O)NC2CNC2)CN1. The molecule has 0 aromatic rings. The van der Waals surface area contributed by atoms with Gasteiger partial charge in [0.15, 0.2) is 0 Å². The van der Waals surface area contributed by atoms with Crippen molar-refractivity contribution in [2.45, 2.75) is 18.9 Å². The largest absolute Gasteiger partial charge is 0.355 e. The third kappa shape index (κ3) is 2.04. The third-order valence-corrected chi connectivity index (χ3v) is 2.76. The minimum absolute atomic E-state index is 0.0340. The van der Waals surface area contributed by atoms with Crippen molar-refractivity contribution in [2.24, 2.45) is 5.92 Å². The van der Waals surface area contributed by atoms with E-state index in [2.05, 4.69) is 16.0 Å². The quantitative estimate of drug-likeness (QED) is 0.510. The summed E-state index contributed by atoms with van der Waals surface area (Å²) in [5.41, 5.74) is 0. The van der Waals surface area contributed by atoms with E-state index in [-0.39, 0.29) is 17.7 Å².